The number of benzene rings is 2. The predicted octanol–water partition coefficient (Wildman–Crippen LogP) is 4.08. The van der Waals surface area contributed by atoms with Gasteiger partial charge < -0.3 is 4.18 Å². The first-order valence-corrected chi connectivity index (χ1v) is 7.59. The second-order valence-electron chi connectivity index (χ2n) is 4.28. The third kappa shape index (κ3) is 4.36. The van der Waals surface area contributed by atoms with E-state index in [2.05, 4.69) is 4.18 Å². The lowest BCUT2D eigenvalue weighted by Crippen LogP contribution is -2.12. The van der Waals surface area contributed by atoms with Crippen LogP contribution in [0.1, 0.15) is 11.1 Å². The normalized spacial score (nSPS) is 12.5. The molecule has 0 heterocycles. The molecule has 7 heteroatoms. The van der Waals surface area contributed by atoms with Gasteiger partial charge in [0.2, 0.25) is 0 Å². The number of rotatable bonds is 4. The first kappa shape index (κ1) is 16.1. The summed E-state index contributed by atoms with van der Waals surface area (Å²) in [6.07, 6.45) is -3.46. The van der Waals surface area contributed by atoms with Crippen LogP contribution in [0.2, 0.25) is 0 Å². The molecule has 2 rings (SSSR count). The summed E-state index contributed by atoms with van der Waals surface area (Å²) in [5.41, 5.74) is -0.564. The van der Waals surface area contributed by atoms with Gasteiger partial charge >= 0.3 is 16.3 Å². The molecule has 0 aliphatic rings. The zero-order valence-electron chi connectivity index (χ0n) is 11.1. The minimum Gasteiger partial charge on any atom is -0.379 e. The van der Waals surface area contributed by atoms with Gasteiger partial charge in [0.15, 0.2) is 5.75 Å². The van der Waals surface area contributed by atoms with E-state index in [1.165, 1.54) is 12.1 Å². The van der Waals surface area contributed by atoms with Crippen LogP contribution >= 0.6 is 0 Å². The van der Waals surface area contributed by atoms with Crippen LogP contribution in [-0.2, 0) is 16.3 Å². The van der Waals surface area contributed by atoms with Crippen molar-refractivity contribution in [2.45, 2.75) is 6.18 Å². The minimum absolute atomic E-state index is 0.582. The third-order valence-electron chi connectivity index (χ3n) is 2.63. The summed E-state index contributed by atoms with van der Waals surface area (Å²) in [7, 11) is -4.30. The quantitative estimate of drug-likeness (QED) is 0.794. The molecule has 0 fully saturated rings. The van der Waals surface area contributed by atoms with E-state index in [1.807, 2.05) is 0 Å². The molecule has 0 aliphatic carbocycles. The minimum atomic E-state index is -4.70. The molecular formula is C15H11F3O3S. The lowest BCUT2D eigenvalue weighted by molar-refractivity contribution is -0.138. The predicted molar refractivity (Wildman–Crippen MR) is 76.5 cm³/mol. The Morgan fingerprint density at radius 1 is 0.909 bits per heavy atom. The summed E-state index contributed by atoms with van der Waals surface area (Å²) >= 11 is 0. The Morgan fingerprint density at radius 3 is 2.14 bits per heavy atom. The number of alkyl halides is 3. The lowest BCUT2D eigenvalue weighted by Gasteiger charge is -2.12. The number of hydrogen-bond donors (Lipinski definition) is 0. The Morgan fingerprint density at radius 2 is 1.50 bits per heavy atom. The second-order valence-corrected chi connectivity index (χ2v) is 5.71. The van der Waals surface area contributed by atoms with Crippen LogP contribution in [0.15, 0.2) is 60.0 Å². The Labute approximate surface area is 125 Å². The van der Waals surface area contributed by atoms with Gasteiger partial charge in [0.05, 0.1) is 11.0 Å². The summed E-state index contributed by atoms with van der Waals surface area (Å²) in [6.45, 7) is 0. The maximum atomic E-state index is 12.8. The smallest absolute Gasteiger partial charge is 0.379 e. The number of hydrogen-bond acceptors (Lipinski definition) is 3. The van der Waals surface area contributed by atoms with Crippen LogP contribution in [0.5, 0.6) is 5.75 Å². The van der Waals surface area contributed by atoms with Gasteiger partial charge in [-0.25, -0.2) is 0 Å². The van der Waals surface area contributed by atoms with E-state index in [1.54, 1.807) is 30.3 Å². The molecule has 0 aliphatic heterocycles. The van der Waals surface area contributed by atoms with Crippen molar-refractivity contribution in [3.8, 4) is 5.75 Å². The van der Waals surface area contributed by atoms with E-state index in [0.717, 1.165) is 23.6 Å². The molecule has 0 amide bonds. The molecule has 2 aromatic rings. The molecule has 0 unspecified atom stereocenters. The molecule has 0 N–H and O–H groups in total. The molecule has 0 radical (unpaired) electrons. The molecule has 3 nitrogen and oxygen atoms in total. The van der Waals surface area contributed by atoms with Crippen molar-refractivity contribution in [3.63, 3.8) is 0 Å². The van der Waals surface area contributed by atoms with Gasteiger partial charge in [-0.15, -0.1) is 0 Å². The van der Waals surface area contributed by atoms with E-state index >= 15 is 0 Å². The standard InChI is InChI=1S/C15H11F3O3S/c16-15(17,18)13-8-4-5-9-14(13)21-22(19,20)11-10-12-6-2-1-3-7-12/h1-11H/b11-10+. The van der Waals surface area contributed by atoms with Crippen LogP contribution in [0.25, 0.3) is 6.08 Å². The van der Waals surface area contributed by atoms with Crippen LogP contribution in [0.4, 0.5) is 13.2 Å². The largest absolute Gasteiger partial charge is 0.420 e. The lowest BCUT2D eigenvalue weighted by atomic mass is 10.2. The molecule has 0 atom stereocenters. The maximum absolute atomic E-state index is 12.8. The fourth-order valence-electron chi connectivity index (χ4n) is 1.65. The van der Waals surface area contributed by atoms with Gasteiger partial charge in [0.25, 0.3) is 0 Å². The Bertz CT molecular complexity index is 766. The van der Waals surface area contributed by atoms with Crippen molar-refractivity contribution in [3.05, 3.63) is 71.1 Å². The van der Waals surface area contributed by atoms with Crippen molar-refractivity contribution in [1.29, 1.82) is 0 Å². The van der Waals surface area contributed by atoms with E-state index in [0.29, 0.717) is 5.56 Å². The zero-order chi connectivity index (χ0) is 16.2. The first-order chi connectivity index (χ1) is 10.3. The second kappa shape index (κ2) is 6.23. The van der Waals surface area contributed by atoms with E-state index in [-0.39, 0.29) is 0 Å². The van der Waals surface area contributed by atoms with Gasteiger partial charge in [-0.05, 0) is 23.8 Å². The number of halogens is 3. The van der Waals surface area contributed by atoms with Crippen molar-refractivity contribution in [2.24, 2.45) is 0 Å². The summed E-state index contributed by atoms with van der Waals surface area (Å²) in [5.74, 6) is -0.757. The molecule has 0 saturated carbocycles. The van der Waals surface area contributed by atoms with Gasteiger partial charge in [-0.3, -0.25) is 0 Å². The van der Waals surface area contributed by atoms with E-state index < -0.39 is 27.6 Å². The molecule has 22 heavy (non-hydrogen) atoms. The zero-order valence-corrected chi connectivity index (χ0v) is 11.9. The molecule has 0 aromatic heterocycles. The highest BCUT2D eigenvalue weighted by atomic mass is 32.2. The summed E-state index contributed by atoms with van der Waals surface area (Å²) in [5, 5.41) is 0.718. The Kier molecular flexibility index (Phi) is 4.56. The maximum Gasteiger partial charge on any atom is 0.420 e. The van der Waals surface area contributed by atoms with Crippen molar-refractivity contribution < 1.29 is 25.8 Å². The SMILES string of the molecule is O=S(=O)(/C=C/c1ccccc1)Oc1ccccc1C(F)(F)F. The first-order valence-electron chi connectivity index (χ1n) is 6.12. The fourth-order valence-corrected chi connectivity index (χ4v) is 2.43. The number of para-hydroxylation sites is 1. The van der Waals surface area contributed by atoms with Crippen LogP contribution in [0.3, 0.4) is 0 Å². The average Bonchev–Trinajstić information content (AvgIpc) is 2.45. The topological polar surface area (TPSA) is 43.4 Å². The van der Waals surface area contributed by atoms with Crippen molar-refractivity contribution in [2.75, 3.05) is 0 Å². The highest BCUT2D eigenvalue weighted by Gasteiger charge is 2.35. The van der Waals surface area contributed by atoms with Crippen LogP contribution < -0.4 is 4.18 Å². The van der Waals surface area contributed by atoms with E-state index in [4.69, 9.17) is 0 Å². The molecule has 116 valence electrons. The molecular weight excluding hydrogens is 317 g/mol. The molecule has 2 aromatic carbocycles. The summed E-state index contributed by atoms with van der Waals surface area (Å²) < 4.78 is 66.4. The third-order valence-corrected chi connectivity index (χ3v) is 3.51. The van der Waals surface area contributed by atoms with E-state index in [9.17, 15) is 21.6 Å². The van der Waals surface area contributed by atoms with Gasteiger partial charge in [0, 0.05) is 0 Å². The van der Waals surface area contributed by atoms with Crippen molar-refractivity contribution in [1.82, 2.24) is 0 Å². The highest BCUT2D eigenvalue weighted by Crippen LogP contribution is 2.36. The highest BCUT2D eigenvalue weighted by molar-refractivity contribution is 7.90. The van der Waals surface area contributed by atoms with Crippen molar-refractivity contribution >= 4 is 16.2 Å². The Balaban J connectivity index is 2.25. The van der Waals surface area contributed by atoms with Gasteiger partial charge in [-0.2, -0.15) is 21.6 Å². The van der Waals surface area contributed by atoms with Crippen LogP contribution in [0, 0.1) is 0 Å². The fraction of sp³-hybridized carbons (Fsp3) is 0.0667. The molecule has 0 spiro atoms. The monoisotopic (exact) mass is 328 g/mol. The average molecular weight is 328 g/mol. The Hall–Kier alpha value is -2.28. The molecule has 0 saturated heterocycles. The summed E-state index contributed by atoms with van der Waals surface area (Å²) in [6, 6.07) is 12.6. The summed E-state index contributed by atoms with van der Waals surface area (Å²) in [4.78, 5) is 0. The van der Waals surface area contributed by atoms with Gasteiger partial charge in [-0.1, -0.05) is 42.5 Å². The van der Waals surface area contributed by atoms with Crippen LogP contribution in [-0.4, -0.2) is 8.42 Å². The molecule has 0 bridgehead atoms. The van der Waals surface area contributed by atoms with Gasteiger partial charge in [0.1, 0.15) is 0 Å².